The first-order valence-electron chi connectivity index (χ1n) is 13.2. The summed E-state index contributed by atoms with van der Waals surface area (Å²) in [7, 11) is -3.66. The number of carbonyl (C=O) groups excluding carboxylic acids is 1. The number of aliphatic hydroxyl groups excluding tert-OH is 1. The molecule has 214 valence electrons. The number of sulfone groups is 1. The Morgan fingerprint density at radius 3 is 2.49 bits per heavy atom. The predicted molar refractivity (Wildman–Crippen MR) is 148 cm³/mol. The smallest absolute Gasteiger partial charge is 0.266 e. The highest BCUT2D eigenvalue weighted by Gasteiger charge is 2.50. The average Bonchev–Trinajstić information content (AvgIpc) is 3.27. The lowest BCUT2D eigenvalue weighted by atomic mass is 9.90. The van der Waals surface area contributed by atoms with Gasteiger partial charge in [-0.1, -0.05) is 18.2 Å². The summed E-state index contributed by atoms with van der Waals surface area (Å²) >= 11 is 0. The van der Waals surface area contributed by atoms with Gasteiger partial charge in [0.25, 0.3) is 5.91 Å². The minimum Gasteiger partial charge on any atom is -0.494 e. The normalized spacial score (nSPS) is 19.0. The number of nitrogens with one attached hydrogen (secondary N) is 2. The molecule has 2 aromatic rings. The van der Waals surface area contributed by atoms with Crippen molar-refractivity contribution in [2.24, 2.45) is 4.99 Å². The van der Waals surface area contributed by atoms with E-state index in [1.165, 1.54) is 12.1 Å². The van der Waals surface area contributed by atoms with Crippen molar-refractivity contribution in [1.29, 1.82) is 0 Å². The predicted octanol–water partition coefficient (Wildman–Crippen LogP) is 2.65. The minimum absolute atomic E-state index is 0.0470. The highest BCUT2D eigenvalue weighted by Crippen LogP contribution is 2.33. The number of aliphatic hydroxyl groups is 1. The molecule has 0 radical (unpaired) electrons. The number of amides is 1. The summed E-state index contributed by atoms with van der Waals surface area (Å²) in [5, 5.41) is 8.93. The summed E-state index contributed by atoms with van der Waals surface area (Å²) in [6.07, 6.45) is 0.546. The molecule has 1 aliphatic heterocycles. The van der Waals surface area contributed by atoms with Crippen molar-refractivity contribution in [2.45, 2.75) is 62.7 Å². The number of ether oxygens (including phenoxy) is 3. The number of hydrazine groups is 1. The number of rotatable bonds is 16. The van der Waals surface area contributed by atoms with Crippen LogP contribution in [0.2, 0.25) is 0 Å². The van der Waals surface area contributed by atoms with Crippen LogP contribution in [-0.4, -0.2) is 75.2 Å². The highest BCUT2D eigenvalue weighted by atomic mass is 32.2. The van der Waals surface area contributed by atoms with Gasteiger partial charge in [-0.25, -0.2) is 18.8 Å². The maximum Gasteiger partial charge on any atom is 0.266 e. The maximum absolute atomic E-state index is 13.5. The van der Waals surface area contributed by atoms with Gasteiger partial charge in [-0.15, -0.1) is 0 Å². The summed E-state index contributed by atoms with van der Waals surface area (Å²) in [5.41, 5.74) is 4.78. The monoisotopic (exact) mass is 561 g/mol. The third-order valence-electron chi connectivity index (χ3n) is 6.28. The molecule has 0 saturated carbocycles. The molecule has 39 heavy (non-hydrogen) atoms. The standard InChI is InChI=1S/C28H39N3O7S/c1-21(2)36-18-7-16-29-31-27(33)28(15-20-39(34,35)25-9-5-4-6-10-25)22(3)38-26(30-28)23-11-13-24(14-12-23)37-19-8-17-32/h4-6,9-14,21-22,29,32H,7-8,15-20H2,1-3H3,(H,31,33)/t22-,28-/m0/s1. The van der Waals surface area contributed by atoms with Crippen LogP contribution in [-0.2, 0) is 24.1 Å². The van der Waals surface area contributed by atoms with Gasteiger partial charge in [-0.2, -0.15) is 0 Å². The van der Waals surface area contributed by atoms with E-state index in [4.69, 9.17) is 24.3 Å². The molecule has 0 spiro atoms. The molecule has 11 heteroatoms. The number of carbonyl (C=O) groups is 1. The van der Waals surface area contributed by atoms with Gasteiger partial charge >= 0.3 is 0 Å². The maximum atomic E-state index is 13.5. The Labute approximate surface area is 230 Å². The number of hydrogen-bond donors (Lipinski definition) is 3. The van der Waals surface area contributed by atoms with Gasteiger partial charge in [0.05, 0.1) is 23.4 Å². The number of aliphatic imine (C=N–C) groups is 1. The van der Waals surface area contributed by atoms with E-state index in [2.05, 4.69) is 10.9 Å². The topological polar surface area (TPSA) is 136 Å². The Bertz CT molecular complexity index is 1190. The Morgan fingerprint density at radius 2 is 1.82 bits per heavy atom. The van der Waals surface area contributed by atoms with Crippen molar-refractivity contribution in [2.75, 3.05) is 32.1 Å². The van der Waals surface area contributed by atoms with Gasteiger partial charge in [-0.05, 0) is 70.0 Å². The zero-order valence-corrected chi connectivity index (χ0v) is 23.6. The van der Waals surface area contributed by atoms with Crippen molar-refractivity contribution in [3.05, 3.63) is 60.2 Å². The van der Waals surface area contributed by atoms with Crippen LogP contribution in [0.3, 0.4) is 0 Å². The quantitative estimate of drug-likeness (QED) is 0.210. The summed E-state index contributed by atoms with van der Waals surface area (Å²) in [6, 6.07) is 15.2. The van der Waals surface area contributed by atoms with Gasteiger partial charge in [0, 0.05) is 31.7 Å². The van der Waals surface area contributed by atoms with E-state index in [-0.39, 0.29) is 35.7 Å². The highest BCUT2D eigenvalue weighted by molar-refractivity contribution is 7.91. The molecule has 1 heterocycles. The fraction of sp³-hybridized carbons (Fsp3) is 0.500. The molecule has 1 amide bonds. The van der Waals surface area contributed by atoms with Gasteiger partial charge in [-0.3, -0.25) is 10.2 Å². The van der Waals surface area contributed by atoms with Crippen molar-refractivity contribution in [3.8, 4) is 5.75 Å². The van der Waals surface area contributed by atoms with E-state index >= 15 is 0 Å². The lowest BCUT2D eigenvalue weighted by Gasteiger charge is -2.28. The van der Waals surface area contributed by atoms with Crippen LogP contribution in [0.15, 0.2) is 64.5 Å². The fourth-order valence-electron chi connectivity index (χ4n) is 4.02. The first-order chi connectivity index (χ1) is 18.7. The van der Waals surface area contributed by atoms with Crippen LogP contribution >= 0.6 is 0 Å². The SMILES string of the molecule is CC(C)OCCCNNC(=O)[C@@]1(CCS(=O)(=O)c2ccccc2)N=C(c2ccc(OCCCO)cc2)O[C@H]1C. The molecular formula is C28H39N3O7S. The van der Waals surface area contributed by atoms with E-state index in [0.29, 0.717) is 43.9 Å². The Kier molecular flexibility index (Phi) is 11.3. The molecule has 0 bridgehead atoms. The van der Waals surface area contributed by atoms with Gasteiger partial charge in [0.1, 0.15) is 11.9 Å². The van der Waals surface area contributed by atoms with Gasteiger partial charge in [0.2, 0.25) is 5.90 Å². The summed E-state index contributed by atoms with van der Waals surface area (Å²) in [5.74, 6) is 0.126. The van der Waals surface area contributed by atoms with Crippen molar-refractivity contribution in [3.63, 3.8) is 0 Å². The van der Waals surface area contributed by atoms with Crippen LogP contribution in [0, 0.1) is 0 Å². The molecule has 0 fully saturated rings. The van der Waals surface area contributed by atoms with Gasteiger partial charge in [0.15, 0.2) is 15.4 Å². The molecule has 10 nitrogen and oxygen atoms in total. The molecular weight excluding hydrogens is 522 g/mol. The molecule has 0 aliphatic carbocycles. The molecule has 2 atom stereocenters. The van der Waals surface area contributed by atoms with Crippen LogP contribution in [0.1, 0.15) is 45.6 Å². The molecule has 1 aliphatic rings. The van der Waals surface area contributed by atoms with Crippen molar-refractivity contribution in [1.82, 2.24) is 10.9 Å². The van der Waals surface area contributed by atoms with E-state index in [0.717, 1.165) is 0 Å². The minimum atomic E-state index is -3.66. The molecule has 3 rings (SSSR count). The summed E-state index contributed by atoms with van der Waals surface area (Å²) in [4.78, 5) is 18.4. The largest absolute Gasteiger partial charge is 0.494 e. The third kappa shape index (κ3) is 8.50. The number of benzene rings is 2. The third-order valence-corrected chi connectivity index (χ3v) is 8.01. The lowest BCUT2D eigenvalue weighted by Crippen LogP contribution is -2.55. The van der Waals surface area contributed by atoms with Crippen molar-refractivity contribution < 1.29 is 32.5 Å². The molecule has 0 aromatic heterocycles. The Balaban J connectivity index is 1.78. The molecule has 0 saturated heterocycles. The second-order valence-corrected chi connectivity index (χ2v) is 11.7. The zero-order chi connectivity index (χ0) is 28.3. The van der Waals surface area contributed by atoms with Gasteiger partial charge < -0.3 is 19.3 Å². The van der Waals surface area contributed by atoms with Crippen LogP contribution in [0.5, 0.6) is 5.75 Å². The van der Waals surface area contributed by atoms with Crippen LogP contribution in [0.4, 0.5) is 0 Å². The second kappa shape index (κ2) is 14.4. The average molecular weight is 562 g/mol. The molecule has 2 aromatic carbocycles. The van der Waals surface area contributed by atoms with E-state index in [9.17, 15) is 13.2 Å². The number of hydrogen-bond acceptors (Lipinski definition) is 9. The first-order valence-corrected chi connectivity index (χ1v) is 14.9. The second-order valence-electron chi connectivity index (χ2n) is 9.59. The lowest BCUT2D eigenvalue weighted by molar-refractivity contribution is -0.129. The Morgan fingerprint density at radius 1 is 1.10 bits per heavy atom. The van der Waals surface area contributed by atoms with Crippen molar-refractivity contribution >= 4 is 21.6 Å². The number of nitrogens with zero attached hydrogens (tertiary/aromatic N) is 1. The Hall–Kier alpha value is -2.99. The molecule has 3 N–H and O–H groups in total. The molecule has 0 unspecified atom stereocenters. The fourth-order valence-corrected chi connectivity index (χ4v) is 5.41. The zero-order valence-electron chi connectivity index (χ0n) is 22.8. The first kappa shape index (κ1) is 30.6. The van der Waals surface area contributed by atoms with E-state index < -0.39 is 27.4 Å². The summed E-state index contributed by atoms with van der Waals surface area (Å²) < 4.78 is 43.3. The van der Waals surface area contributed by atoms with Crippen LogP contribution in [0.25, 0.3) is 0 Å². The van der Waals surface area contributed by atoms with E-state index in [1.54, 1.807) is 49.4 Å². The summed E-state index contributed by atoms with van der Waals surface area (Å²) in [6.45, 7) is 7.08. The van der Waals surface area contributed by atoms with E-state index in [1.807, 2.05) is 13.8 Å². The van der Waals surface area contributed by atoms with Crippen LogP contribution < -0.4 is 15.6 Å².